The van der Waals surface area contributed by atoms with Gasteiger partial charge in [0.15, 0.2) is 5.58 Å². The van der Waals surface area contributed by atoms with Crippen molar-refractivity contribution >= 4 is 54.8 Å². The zero-order valence-corrected chi connectivity index (χ0v) is 27.5. The summed E-state index contributed by atoms with van der Waals surface area (Å²) >= 11 is 0. The summed E-state index contributed by atoms with van der Waals surface area (Å²) in [5, 5.41) is 4.30. The van der Waals surface area contributed by atoms with E-state index in [-0.39, 0.29) is 11.8 Å². The van der Waals surface area contributed by atoms with Crippen LogP contribution >= 0.6 is 0 Å². The van der Waals surface area contributed by atoms with Crippen LogP contribution in [-0.2, 0) is 0 Å². The van der Waals surface area contributed by atoms with Gasteiger partial charge < -0.3 is 4.42 Å². The first kappa shape index (κ1) is 28.5. The number of para-hydroxylation sites is 4. The number of pyridine rings is 1. The highest BCUT2D eigenvalue weighted by molar-refractivity contribution is 6.17. The third-order valence-corrected chi connectivity index (χ3v) is 9.70. The number of imidazole rings is 1. The molecular formula is C44H35N3O. The number of rotatable bonds is 5. The second-order valence-electron chi connectivity index (χ2n) is 13.4. The molecule has 0 aliphatic rings. The van der Waals surface area contributed by atoms with Gasteiger partial charge in [-0.2, -0.15) is 0 Å². The van der Waals surface area contributed by atoms with E-state index in [1.807, 2.05) is 6.07 Å². The predicted molar refractivity (Wildman–Crippen MR) is 200 cm³/mol. The van der Waals surface area contributed by atoms with E-state index in [9.17, 15) is 0 Å². The molecule has 0 unspecified atom stereocenters. The number of benzene rings is 6. The Morgan fingerprint density at radius 1 is 0.542 bits per heavy atom. The molecule has 0 saturated carbocycles. The first-order valence-corrected chi connectivity index (χ1v) is 16.8. The Hall–Kier alpha value is -5.74. The van der Waals surface area contributed by atoms with E-state index in [2.05, 4.69) is 154 Å². The smallest absolute Gasteiger partial charge is 0.161 e. The number of hydrogen-bond donors (Lipinski definition) is 0. The molecule has 3 heterocycles. The second kappa shape index (κ2) is 10.9. The quantitative estimate of drug-likeness (QED) is 0.180. The Kier molecular flexibility index (Phi) is 6.48. The highest BCUT2D eigenvalue weighted by Crippen LogP contribution is 2.43. The van der Waals surface area contributed by atoms with E-state index in [4.69, 9.17) is 14.4 Å². The van der Waals surface area contributed by atoms with Gasteiger partial charge in [0.05, 0.1) is 27.8 Å². The molecule has 0 amide bonds. The lowest BCUT2D eigenvalue weighted by molar-refractivity contribution is 0.672. The van der Waals surface area contributed by atoms with Crippen LogP contribution in [0.2, 0.25) is 0 Å². The molecule has 9 aromatic rings. The summed E-state index contributed by atoms with van der Waals surface area (Å²) in [6.07, 6.45) is 0. The summed E-state index contributed by atoms with van der Waals surface area (Å²) in [5.74, 6) is 1.44. The standard InChI is InChI=1S/C44H35N3O/c1-26(2)35-24-31(28-13-6-5-7-14-28)25-36(27(3)4)41(35)47-39-20-11-10-19-38(39)46-44(47)34-17-12-16-32-33-22-21-30-23-29-15-8-9-18-37(29)45-40(30)43(33)48-42(32)34/h5-27H,1-4H3. The fourth-order valence-corrected chi connectivity index (χ4v) is 7.32. The van der Waals surface area contributed by atoms with Crippen LogP contribution in [0.1, 0.15) is 50.7 Å². The summed E-state index contributed by atoms with van der Waals surface area (Å²) in [4.78, 5) is 10.4. The number of aromatic nitrogens is 3. The first-order chi connectivity index (χ1) is 23.5. The van der Waals surface area contributed by atoms with Crippen LogP contribution in [0.5, 0.6) is 0 Å². The van der Waals surface area contributed by atoms with Gasteiger partial charge in [-0.15, -0.1) is 0 Å². The average molecular weight is 622 g/mol. The Morgan fingerprint density at radius 3 is 2.00 bits per heavy atom. The van der Waals surface area contributed by atoms with Crippen LogP contribution in [0.4, 0.5) is 0 Å². The Morgan fingerprint density at radius 2 is 1.23 bits per heavy atom. The minimum absolute atomic E-state index is 0.282. The number of hydrogen-bond acceptors (Lipinski definition) is 3. The molecule has 0 N–H and O–H groups in total. The fraction of sp³-hybridized carbons (Fsp3) is 0.136. The van der Waals surface area contributed by atoms with E-state index in [0.717, 1.165) is 66.2 Å². The first-order valence-electron chi connectivity index (χ1n) is 16.8. The largest absolute Gasteiger partial charge is 0.453 e. The van der Waals surface area contributed by atoms with Crippen molar-refractivity contribution in [2.24, 2.45) is 0 Å². The fourth-order valence-electron chi connectivity index (χ4n) is 7.32. The topological polar surface area (TPSA) is 43.9 Å². The summed E-state index contributed by atoms with van der Waals surface area (Å²) in [6.45, 7) is 9.16. The SMILES string of the molecule is CC(C)c1cc(-c2ccccc2)cc(C(C)C)c1-n1c(-c2cccc3c2oc2c3ccc3cc4ccccc4nc32)nc2ccccc21. The molecule has 0 saturated heterocycles. The van der Waals surface area contributed by atoms with Crippen LogP contribution in [0, 0.1) is 0 Å². The highest BCUT2D eigenvalue weighted by atomic mass is 16.3. The van der Waals surface area contributed by atoms with E-state index in [0.29, 0.717) is 0 Å². The van der Waals surface area contributed by atoms with E-state index >= 15 is 0 Å². The molecule has 0 spiro atoms. The number of furan rings is 1. The molecule has 0 aliphatic carbocycles. The van der Waals surface area contributed by atoms with Crippen molar-refractivity contribution in [3.63, 3.8) is 0 Å². The maximum absolute atomic E-state index is 6.90. The van der Waals surface area contributed by atoms with Crippen LogP contribution < -0.4 is 0 Å². The zero-order chi connectivity index (χ0) is 32.5. The Bertz CT molecular complexity index is 2650. The third-order valence-electron chi connectivity index (χ3n) is 9.70. The molecule has 0 radical (unpaired) electrons. The molecule has 48 heavy (non-hydrogen) atoms. The van der Waals surface area contributed by atoms with Crippen molar-refractivity contribution in [1.82, 2.24) is 14.5 Å². The van der Waals surface area contributed by atoms with Crippen molar-refractivity contribution < 1.29 is 4.42 Å². The summed E-state index contributed by atoms with van der Waals surface area (Å²) < 4.78 is 9.29. The summed E-state index contributed by atoms with van der Waals surface area (Å²) in [6, 6.07) is 45.1. The van der Waals surface area contributed by atoms with Gasteiger partial charge in [0.25, 0.3) is 0 Å². The average Bonchev–Trinajstić information content (AvgIpc) is 3.69. The van der Waals surface area contributed by atoms with Gasteiger partial charge in [0, 0.05) is 21.5 Å². The lowest BCUT2D eigenvalue weighted by Gasteiger charge is -2.24. The molecule has 0 aliphatic heterocycles. The van der Waals surface area contributed by atoms with Gasteiger partial charge in [-0.25, -0.2) is 9.97 Å². The van der Waals surface area contributed by atoms with Crippen molar-refractivity contribution in [3.05, 3.63) is 139 Å². The second-order valence-corrected chi connectivity index (χ2v) is 13.4. The van der Waals surface area contributed by atoms with Crippen LogP contribution in [0.15, 0.2) is 132 Å². The van der Waals surface area contributed by atoms with Crippen molar-refractivity contribution in [3.8, 4) is 28.2 Å². The van der Waals surface area contributed by atoms with E-state index in [1.165, 1.54) is 27.9 Å². The molecule has 4 heteroatoms. The normalized spacial score (nSPS) is 12.1. The van der Waals surface area contributed by atoms with Gasteiger partial charge in [0.2, 0.25) is 0 Å². The van der Waals surface area contributed by atoms with Crippen molar-refractivity contribution in [2.45, 2.75) is 39.5 Å². The minimum atomic E-state index is 0.282. The molecule has 0 atom stereocenters. The highest BCUT2D eigenvalue weighted by Gasteiger charge is 2.25. The van der Waals surface area contributed by atoms with Gasteiger partial charge in [-0.05, 0) is 82.6 Å². The monoisotopic (exact) mass is 621 g/mol. The maximum atomic E-state index is 6.90. The van der Waals surface area contributed by atoms with Crippen LogP contribution in [-0.4, -0.2) is 14.5 Å². The summed E-state index contributed by atoms with van der Waals surface area (Å²) in [7, 11) is 0. The van der Waals surface area contributed by atoms with E-state index < -0.39 is 0 Å². The zero-order valence-electron chi connectivity index (χ0n) is 27.5. The molecule has 9 rings (SSSR count). The van der Waals surface area contributed by atoms with Crippen molar-refractivity contribution in [1.29, 1.82) is 0 Å². The molecule has 0 bridgehead atoms. The lowest BCUT2D eigenvalue weighted by Crippen LogP contribution is -2.09. The number of fused-ring (bicyclic) bond motifs is 7. The molecule has 3 aromatic heterocycles. The Labute approximate surface area is 279 Å². The molecule has 0 fully saturated rings. The van der Waals surface area contributed by atoms with E-state index in [1.54, 1.807) is 0 Å². The van der Waals surface area contributed by atoms with Gasteiger partial charge >= 0.3 is 0 Å². The van der Waals surface area contributed by atoms with Gasteiger partial charge in [-0.3, -0.25) is 4.57 Å². The molecule has 232 valence electrons. The number of nitrogens with zero attached hydrogens (tertiary/aromatic N) is 3. The van der Waals surface area contributed by atoms with Crippen LogP contribution in [0.25, 0.3) is 83.0 Å². The maximum Gasteiger partial charge on any atom is 0.161 e. The summed E-state index contributed by atoms with van der Waals surface area (Å²) in [5.41, 5.74) is 12.7. The predicted octanol–water partition coefficient (Wildman–Crippen LogP) is 12.2. The molecule has 4 nitrogen and oxygen atoms in total. The van der Waals surface area contributed by atoms with Gasteiger partial charge in [-0.1, -0.05) is 107 Å². The third kappa shape index (κ3) is 4.36. The molecule has 6 aromatic carbocycles. The molecular weight excluding hydrogens is 587 g/mol. The van der Waals surface area contributed by atoms with Crippen molar-refractivity contribution in [2.75, 3.05) is 0 Å². The minimum Gasteiger partial charge on any atom is -0.453 e. The lowest BCUT2D eigenvalue weighted by atomic mass is 9.88. The van der Waals surface area contributed by atoms with Gasteiger partial charge in [0.1, 0.15) is 16.9 Å². The Balaban J connectivity index is 1.36. The van der Waals surface area contributed by atoms with Crippen LogP contribution in [0.3, 0.4) is 0 Å².